The second kappa shape index (κ2) is 5.59. The molecule has 1 unspecified atom stereocenters. The van der Waals surface area contributed by atoms with Crippen molar-refractivity contribution in [2.75, 3.05) is 24.6 Å². The van der Waals surface area contributed by atoms with Crippen molar-refractivity contribution in [3.05, 3.63) is 27.7 Å². The molecule has 2 rings (SSSR count). The van der Waals surface area contributed by atoms with Crippen molar-refractivity contribution in [2.45, 2.75) is 12.2 Å². The van der Waals surface area contributed by atoms with Crippen molar-refractivity contribution < 1.29 is 4.79 Å². The molecule has 1 aromatic carbocycles. The van der Waals surface area contributed by atoms with Gasteiger partial charge in [-0.1, -0.05) is 30.1 Å². The number of rotatable bonds is 1. The summed E-state index contributed by atoms with van der Waals surface area (Å²) in [6, 6.07) is 3.16. The number of hydrogen-bond acceptors (Lipinski definition) is 3. The van der Waals surface area contributed by atoms with E-state index in [1.54, 1.807) is 12.1 Å². The van der Waals surface area contributed by atoms with Crippen LogP contribution >= 0.6 is 35.0 Å². The highest BCUT2D eigenvalue weighted by molar-refractivity contribution is 7.99. The third kappa shape index (κ3) is 2.87. The highest BCUT2D eigenvalue weighted by atomic mass is 35.5. The van der Waals surface area contributed by atoms with Gasteiger partial charge in [0.1, 0.15) is 0 Å². The van der Waals surface area contributed by atoms with E-state index in [0.717, 1.165) is 18.8 Å². The third-order valence-electron chi connectivity index (χ3n) is 2.85. The van der Waals surface area contributed by atoms with Crippen LogP contribution in [0.25, 0.3) is 0 Å². The van der Waals surface area contributed by atoms with E-state index in [1.165, 1.54) is 0 Å². The van der Waals surface area contributed by atoms with Gasteiger partial charge < -0.3 is 10.6 Å². The number of amides is 1. The molecule has 0 saturated carbocycles. The van der Waals surface area contributed by atoms with Crippen molar-refractivity contribution in [3.8, 4) is 0 Å². The largest absolute Gasteiger partial charge is 0.396 e. The summed E-state index contributed by atoms with van der Waals surface area (Å²) in [5, 5.41) is 1.11. The minimum Gasteiger partial charge on any atom is -0.396 e. The summed E-state index contributed by atoms with van der Waals surface area (Å²) < 4.78 is 0. The number of thioether (sulfide) groups is 1. The first kappa shape index (κ1) is 13.8. The van der Waals surface area contributed by atoms with Gasteiger partial charge in [0.25, 0.3) is 5.91 Å². The Morgan fingerprint density at radius 1 is 1.44 bits per heavy atom. The van der Waals surface area contributed by atoms with Crippen LogP contribution in [0, 0.1) is 0 Å². The van der Waals surface area contributed by atoms with E-state index in [9.17, 15) is 4.79 Å². The lowest BCUT2D eigenvalue weighted by molar-refractivity contribution is 0.0763. The first-order valence-corrected chi connectivity index (χ1v) is 7.45. The number of anilines is 1. The van der Waals surface area contributed by atoms with Crippen LogP contribution in [-0.2, 0) is 0 Å². The Balaban J connectivity index is 2.23. The number of carbonyl (C=O) groups excluding carboxylic acids is 1. The van der Waals surface area contributed by atoms with Crippen LogP contribution in [0.2, 0.25) is 10.0 Å². The van der Waals surface area contributed by atoms with Crippen molar-refractivity contribution in [2.24, 2.45) is 0 Å². The number of hydrogen-bond donors (Lipinski definition) is 1. The second-order valence-electron chi connectivity index (χ2n) is 4.29. The maximum absolute atomic E-state index is 12.3. The molecule has 0 bridgehead atoms. The fourth-order valence-electron chi connectivity index (χ4n) is 1.89. The van der Waals surface area contributed by atoms with Crippen LogP contribution in [0.3, 0.4) is 0 Å². The Bertz CT molecular complexity index is 458. The minimum atomic E-state index is -0.0362. The molecule has 1 aliphatic rings. The van der Waals surface area contributed by atoms with Crippen LogP contribution < -0.4 is 5.73 Å². The normalized spacial score (nSPS) is 19.9. The van der Waals surface area contributed by atoms with Crippen LogP contribution in [-0.4, -0.2) is 34.9 Å². The Morgan fingerprint density at radius 2 is 2.06 bits per heavy atom. The molecule has 1 aromatic rings. The molecule has 1 amide bonds. The summed E-state index contributed by atoms with van der Waals surface area (Å²) >= 11 is 13.8. The molecular formula is C12H14Cl2N2OS. The standard InChI is InChI=1S/C12H14Cl2N2OS/c1-7-6-16(2-3-18-7)12(17)8-4-9(13)11(15)10(14)5-8/h4-5,7H,2-3,6,15H2,1H3. The van der Waals surface area contributed by atoms with Crippen LogP contribution in [0.4, 0.5) is 5.69 Å². The van der Waals surface area contributed by atoms with Crippen LogP contribution in [0.15, 0.2) is 12.1 Å². The number of halogens is 2. The van der Waals surface area contributed by atoms with Gasteiger partial charge in [0.15, 0.2) is 0 Å². The van der Waals surface area contributed by atoms with Crippen LogP contribution in [0.1, 0.15) is 17.3 Å². The molecule has 0 aromatic heterocycles. The summed E-state index contributed by atoms with van der Waals surface area (Å²) in [6.07, 6.45) is 0. The van der Waals surface area contributed by atoms with Gasteiger partial charge in [-0.3, -0.25) is 4.79 Å². The molecule has 6 heteroatoms. The number of nitrogens with zero attached hydrogens (tertiary/aromatic N) is 1. The van der Waals surface area contributed by atoms with Crippen molar-refractivity contribution in [1.82, 2.24) is 4.90 Å². The van der Waals surface area contributed by atoms with E-state index in [1.807, 2.05) is 16.7 Å². The lowest BCUT2D eigenvalue weighted by Crippen LogP contribution is -2.41. The summed E-state index contributed by atoms with van der Waals surface area (Å²) in [5.74, 6) is 0.925. The van der Waals surface area contributed by atoms with E-state index in [-0.39, 0.29) is 5.91 Å². The average molecular weight is 305 g/mol. The van der Waals surface area contributed by atoms with E-state index < -0.39 is 0 Å². The van der Waals surface area contributed by atoms with Crippen LogP contribution in [0.5, 0.6) is 0 Å². The SMILES string of the molecule is CC1CN(C(=O)c2cc(Cl)c(N)c(Cl)c2)CCS1. The number of nitrogens with two attached hydrogens (primary N) is 1. The van der Waals surface area contributed by atoms with Gasteiger partial charge in [-0.25, -0.2) is 0 Å². The molecule has 0 radical (unpaired) electrons. The average Bonchev–Trinajstić information content (AvgIpc) is 2.34. The molecule has 2 N–H and O–H groups in total. The predicted octanol–water partition coefficient (Wildman–Crippen LogP) is 3.15. The minimum absolute atomic E-state index is 0.0362. The topological polar surface area (TPSA) is 46.3 Å². The Morgan fingerprint density at radius 3 is 2.61 bits per heavy atom. The summed E-state index contributed by atoms with van der Waals surface area (Å²) in [4.78, 5) is 14.2. The number of carbonyl (C=O) groups is 1. The van der Waals surface area contributed by atoms with Gasteiger partial charge in [0.2, 0.25) is 0 Å². The van der Waals surface area contributed by atoms with Gasteiger partial charge in [-0.2, -0.15) is 11.8 Å². The zero-order valence-corrected chi connectivity index (χ0v) is 12.3. The molecule has 1 fully saturated rings. The molecule has 3 nitrogen and oxygen atoms in total. The van der Waals surface area contributed by atoms with Crippen molar-refractivity contribution in [3.63, 3.8) is 0 Å². The zero-order chi connectivity index (χ0) is 13.3. The molecule has 0 aliphatic carbocycles. The first-order chi connectivity index (χ1) is 8.49. The molecule has 1 atom stereocenters. The van der Waals surface area contributed by atoms with Gasteiger partial charge in [0.05, 0.1) is 15.7 Å². The molecule has 18 heavy (non-hydrogen) atoms. The molecular weight excluding hydrogens is 291 g/mol. The van der Waals surface area contributed by atoms with E-state index in [4.69, 9.17) is 28.9 Å². The zero-order valence-electron chi connectivity index (χ0n) is 9.95. The van der Waals surface area contributed by atoms with Crippen molar-refractivity contribution in [1.29, 1.82) is 0 Å². The number of nitrogen functional groups attached to an aromatic ring is 1. The van der Waals surface area contributed by atoms with Gasteiger partial charge in [-0.15, -0.1) is 0 Å². The molecule has 1 aliphatic heterocycles. The number of benzene rings is 1. The Hall–Kier alpha value is -0.580. The highest BCUT2D eigenvalue weighted by Gasteiger charge is 2.23. The second-order valence-corrected chi connectivity index (χ2v) is 6.65. The summed E-state index contributed by atoms with van der Waals surface area (Å²) in [6.45, 7) is 3.63. The molecule has 1 heterocycles. The van der Waals surface area contributed by atoms with E-state index in [0.29, 0.717) is 26.5 Å². The monoisotopic (exact) mass is 304 g/mol. The smallest absolute Gasteiger partial charge is 0.254 e. The first-order valence-electron chi connectivity index (χ1n) is 5.64. The van der Waals surface area contributed by atoms with Gasteiger partial charge >= 0.3 is 0 Å². The highest BCUT2D eigenvalue weighted by Crippen LogP contribution is 2.30. The van der Waals surface area contributed by atoms with Gasteiger partial charge in [-0.05, 0) is 12.1 Å². The lowest BCUT2D eigenvalue weighted by atomic mass is 10.1. The molecule has 98 valence electrons. The quantitative estimate of drug-likeness (QED) is 0.811. The summed E-state index contributed by atoms with van der Waals surface area (Å²) in [5.41, 5.74) is 6.47. The Kier molecular flexibility index (Phi) is 4.30. The fourth-order valence-corrected chi connectivity index (χ4v) is 3.39. The lowest BCUT2D eigenvalue weighted by Gasteiger charge is -2.30. The fraction of sp³-hybridized carbons (Fsp3) is 0.417. The Labute approximate surface area is 121 Å². The van der Waals surface area contributed by atoms with Gasteiger partial charge in [0, 0.05) is 29.7 Å². The maximum atomic E-state index is 12.3. The summed E-state index contributed by atoms with van der Waals surface area (Å²) in [7, 11) is 0. The maximum Gasteiger partial charge on any atom is 0.254 e. The van der Waals surface area contributed by atoms with E-state index in [2.05, 4.69) is 6.92 Å². The predicted molar refractivity (Wildman–Crippen MR) is 78.7 cm³/mol. The molecule has 1 saturated heterocycles. The van der Waals surface area contributed by atoms with Crippen molar-refractivity contribution >= 4 is 46.6 Å². The third-order valence-corrected chi connectivity index (χ3v) is 4.62. The molecule has 0 spiro atoms. The van der Waals surface area contributed by atoms with E-state index >= 15 is 0 Å².